The molecule has 1 saturated heterocycles. The Labute approximate surface area is 111 Å². The Morgan fingerprint density at radius 1 is 1.22 bits per heavy atom. The highest BCUT2D eigenvalue weighted by molar-refractivity contribution is 5.69. The lowest BCUT2D eigenvalue weighted by Gasteiger charge is -2.48. The average Bonchev–Trinajstić information content (AvgIpc) is 1.91. The van der Waals surface area contributed by atoms with Crippen molar-refractivity contribution < 1.29 is 9.53 Å². The molecule has 106 valence electrons. The van der Waals surface area contributed by atoms with Crippen molar-refractivity contribution in [3.63, 3.8) is 0 Å². The first-order valence-corrected chi connectivity index (χ1v) is 6.64. The van der Waals surface area contributed by atoms with Gasteiger partial charge in [-0.25, -0.2) is 4.79 Å². The van der Waals surface area contributed by atoms with Crippen LogP contribution in [0.25, 0.3) is 0 Å². The van der Waals surface area contributed by atoms with E-state index in [1.54, 1.807) is 4.90 Å². The number of rotatable bonds is 3. The molecule has 1 heterocycles. The lowest BCUT2D eigenvalue weighted by atomic mass is 9.74. The van der Waals surface area contributed by atoms with E-state index in [2.05, 4.69) is 32.8 Å². The van der Waals surface area contributed by atoms with E-state index in [1.165, 1.54) is 0 Å². The third kappa shape index (κ3) is 4.16. The molecule has 1 aliphatic heterocycles. The first kappa shape index (κ1) is 15.3. The molecule has 1 rings (SSSR count). The molecule has 1 fully saturated rings. The normalized spacial score (nSPS) is 17.9. The molecule has 1 aliphatic rings. The molecule has 0 N–H and O–H groups in total. The predicted octanol–water partition coefficient (Wildman–Crippen LogP) is 2.44. The van der Waals surface area contributed by atoms with Crippen LogP contribution in [0.3, 0.4) is 0 Å². The van der Waals surface area contributed by atoms with E-state index in [0.29, 0.717) is 5.92 Å². The minimum absolute atomic E-state index is 0.181. The number of carbonyl (C=O) groups is 1. The van der Waals surface area contributed by atoms with Gasteiger partial charge in [-0.3, -0.25) is 0 Å². The summed E-state index contributed by atoms with van der Waals surface area (Å²) in [5.41, 5.74) is -0.163. The summed E-state index contributed by atoms with van der Waals surface area (Å²) < 4.78 is 5.36. The molecule has 0 aromatic rings. The number of carbonyl (C=O) groups excluding carboxylic acids is 1. The molecule has 0 unspecified atom stereocenters. The van der Waals surface area contributed by atoms with Crippen LogP contribution in [-0.2, 0) is 4.74 Å². The third-order valence-electron chi connectivity index (χ3n) is 3.36. The maximum Gasteiger partial charge on any atom is 0.410 e. The van der Waals surface area contributed by atoms with Gasteiger partial charge in [0.1, 0.15) is 5.60 Å². The first-order valence-electron chi connectivity index (χ1n) is 6.64. The smallest absolute Gasteiger partial charge is 0.410 e. The van der Waals surface area contributed by atoms with Crippen molar-refractivity contribution in [1.82, 2.24) is 9.80 Å². The summed E-state index contributed by atoms with van der Waals surface area (Å²) in [7, 11) is 4.18. The quantitative estimate of drug-likeness (QED) is 0.777. The lowest BCUT2D eigenvalue weighted by molar-refractivity contribution is -0.0291. The monoisotopic (exact) mass is 256 g/mol. The van der Waals surface area contributed by atoms with E-state index in [1.807, 2.05) is 20.8 Å². The van der Waals surface area contributed by atoms with Crippen molar-refractivity contribution in [2.75, 3.05) is 33.7 Å². The van der Waals surface area contributed by atoms with Gasteiger partial charge in [-0.05, 0) is 40.3 Å². The molecule has 0 atom stereocenters. The molecule has 4 nitrogen and oxygen atoms in total. The second kappa shape index (κ2) is 5.08. The van der Waals surface area contributed by atoms with Crippen molar-refractivity contribution in [3.05, 3.63) is 0 Å². The zero-order valence-corrected chi connectivity index (χ0v) is 12.9. The van der Waals surface area contributed by atoms with E-state index in [0.717, 1.165) is 19.6 Å². The topological polar surface area (TPSA) is 32.8 Å². The van der Waals surface area contributed by atoms with E-state index in [9.17, 15) is 4.79 Å². The van der Waals surface area contributed by atoms with Gasteiger partial charge in [-0.1, -0.05) is 13.8 Å². The summed E-state index contributed by atoms with van der Waals surface area (Å²) in [4.78, 5) is 15.8. The van der Waals surface area contributed by atoms with E-state index < -0.39 is 5.60 Å². The first-order chi connectivity index (χ1) is 8.01. The Hall–Kier alpha value is -0.770. The highest BCUT2D eigenvalue weighted by Gasteiger charge is 2.42. The summed E-state index contributed by atoms with van der Waals surface area (Å²) in [5.74, 6) is 0.562. The molecular formula is C14H28N2O2. The molecule has 0 aliphatic carbocycles. The van der Waals surface area contributed by atoms with Crippen LogP contribution in [0.4, 0.5) is 4.79 Å². The molecule has 0 bridgehead atoms. The highest BCUT2D eigenvalue weighted by Crippen LogP contribution is 2.35. The van der Waals surface area contributed by atoms with Crippen molar-refractivity contribution in [2.45, 2.75) is 40.2 Å². The summed E-state index contributed by atoms with van der Waals surface area (Å²) in [6.07, 6.45) is -0.181. The average molecular weight is 256 g/mol. The number of nitrogens with zero attached hydrogens (tertiary/aromatic N) is 2. The van der Waals surface area contributed by atoms with Crippen LogP contribution in [0.15, 0.2) is 0 Å². The Kier molecular flexibility index (Phi) is 4.31. The van der Waals surface area contributed by atoms with Gasteiger partial charge in [0.15, 0.2) is 0 Å². The molecule has 0 radical (unpaired) electrons. The van der Waals surface area contributed by atoms with Gasteiger partial charge in [0.05, 0.1) is 0 Å². The number of amides is 1. The van der Waals surface area contributed by atoms with Crippen LogP contribution in [0.1, 0.15) is 34.6 Å². The lowest BCUT2D eigenvalue weighted by Crippen LogP contribution is -2.57. The molecule has 0 aromatic heterocycles. The molecular weight excluding hydrogens is 228 g/mol. The minimum Gasteiger partial charge on any atom is -0.444 e. The highest BCUT2D eigenvalue weighted by atomic mass is 16.6. The van der Waals surface area contributed by atoms with Gasteiger partial charge in [0.25, 0.3) is 0 Å². The predicted molar refractivity (Wildman–Crippen MR) is 73.6 cm³/mol. The minimum atomic E-state index is -0.401. The van der Waals surface area contributed by atoms with Crippen molar-refractivity contribution >= 4 is 6.09 Å². The summed E-state index contributed by atoms with van der Waals surface area (Å²) in [6, 6.07) is 0. The van der Waals surface area contributed by atoms with Gasteiger partial charge in [-0.2, -0.15) is 0 Å². The third-order valence-corrected chi connectivity index (χ3v) is 3.36. The Morgan fingerprint density at radius 2 is 1.72 bits per heavy atom. The van der Waals surface area contributed by atoms with Crippen molar-refractivity contribution in [3.8, 4) is 0 Å². The van der Waals surface area contributed by atoms with Crippen LogP contribution in [-0.4, -0.2) is 55.2 Å². The number of likely N-dealkylation sites (tertiary alicyclic amines) is 1. The van der Waals surface area contributed by atoms with Crippen LogP contribution in [0, 0.1) is 11.3 Å². The second-order valence-electron chi connectivity index (χ2n) is 7.31. The summed E-state index contributed by atoms with van der Waals surface area (Å²) in [6.45, 7) is 12.9. The van der Waals surface area contributed by atoms with E-state index in [4.69, 9.17) is 4.74 Å². The van der Waals surface area contributed by atoms with Crippen LogP contribution >= 0.6 is 0 Å². The van der Waals surface area contributed by atoms with Gasteiger partial charge >= 0.3 is 6.09 Å². The van der Waals surface area contributed by atoms with Gasteiger partial charge in [-0.15, -0.1) is 0 Å². The van der Waals surface area contributed by atoms with Gasteiger partial charge in [0.2, 0.25) is 0 Å². The number of hydrogen-bond acceptors (Lipinski definition) is 3. The molecule has 1 amide bonds. The zero-order valence-electron chi connectivity index (χ0n) is 12.9. The van der Waals surface area contributed by atoms with Crippen molar-refractivity contribution in [2.24, 2.45) is 11.3 Å². The molecule has 0 spiro atoms. The van der Waals surface area contributed by atoms with Crippen LogP contribution in [0.5, 0.6) is 0 Å². The van der Waals surface area contributed by atoms with Gasteiger partial charge in [0, 0.05) is 25.6 Å². The largest absolute Gasteiger partial charge is 0.444 e. The van der Waals surface area contributed by atoms with Crippen LogP contribution < -0.4 is 0 Å². The fourth-order valence-corrected chi connectivity index (χ4v) is 2.39. The molecule has 18 heavy (non-hydrogen) atoms. The standard InChI is InChI=1S/C14H28N2O2/c1-13(2,3)18-12(17)16-8-11(9-16)14(4,5)10-15(6)7/h11H,8-10H2,1-7H3. The molecule has 4 heteroatoms. The SMILES string of the molecule is CN(C)CC(C)(C)C1CN(C(=O)OC(C)(C)C)C1. The fourth-order valence-electron chi connectivity index (χ4n) is 2.39. The van der Waals surface area contributed by atoms with E-state index >= 15 is 0 Å². The van der Waals surface area contributed by atoms with E-state index in [-0.39, 0.29) is 11.5 Å². The van der Waals surface area contributed by atoms with Crippen LogP contribution in [0.2, 0.25) is 0 Å². The number of hydrogen-bond donors (Lipinski definition) is 0. The molecule has 0 aromatic carbocycles. The maximum absolute atomic E-state index is 11.8. The van der Waals surface area contributed by atoms with Crippen molar-refractivity contribution in [1.29, 1.82) is 0 Å². The summed E-state index contributed by atoms with van der Waals surface area (Å²) in [5, 5.41) is 0. The fraction of sp³-hybridized carbons (Fsp3) is 0.929. The molecule has 0 saturated carbocycles. The Morgan fingerprint density at radius 3 is 2.11 bits per heavy atom. The maximum atomic E-state index is 11.8. The summed E-state index contributed by atoms with van der Waals surface area (Å²) >= 11 is 0. The Balaban J connectivity index is 2.42. The second-order valence-corrected chi connectivity index (χ2v) is 7.31. The zero-order chi connectivity index (χ0) is 14.1. The van der Waals surface area contributed by atoms with Gasteiger partial charge < -0.3 is 14.5 Å². The number of ether oxygens (including phenoxy) is 1. The Bertz CT molecular complexity index is 299.